The Morgan fingerprint density at radius 2 is 0.575 bits per heavy atom. The summed E-state index contributed by atoms with van der Waals surface area (Å²) in [7, 11) is 3.41. The van der Waals surface area contributed by atoms with Crippen molar-refractivity contribution in [1.29, 1.82) is 0 Å². The van der Waals surface area contributed by atoms with Crippen LogP contribution in [0.5, 0.6) is 17.2 Å². The first-order valence-electron chi connectivity index (χ1n) is 55.2. The number of carbonyl (C=O) groups excluding carboxylic acids is 5. The van der Waals surface area contributed by atoms with E-state index < -0.39 is 69.8 Å². The van der Waals surface area contributed by atoms with Crippen LogP contribution >= 0.6 is 0 Å². The van der Waals surface area contributed by atoms with Crippen molar-refractivity contribution in [2.45, 2.75) is 343 Å². The highest BCUT2D eigenvalue weighted by atomic mass is 32.2. The van der Waals surface area contributed by atoms with Crippen LogP contribution in [0.4, 0.5) is 35.1 Å². The molecule has 0 aromatic heterocycles. The van der Waals surface area contributed by atoms with Gasteiger partial charge >= 0.3 is 23.9 Å². The van der Waals surface area contributed by atoms with E-state index in [4.69, 9.17) is 33.2 Å². The minimum atomic E-state index is -2.96. The summed E-state index contributed by atoms with van der Waals surface area (Å²) in [5.41, 5.74) is -0.864. The zero-order chi connectivity index (χ0) is 104. The van der Waals surface area contributed by atoms with Crippen LogP contribution in [0.3, 0.4) is 0 Å². The molecule has 7 aromatic rings. The number of unbranched alkanes of at least 4 members (excludes halogenated alkanes) is 1. The van der Waals surface area contributed by atoms with Crippen LogP contribution in [-0.2, 0) is 86.4 Å². The van der Waals surface area contributed by atoms with Crippen LogP contribution < -0.4 is 9.47 Å². The number of phenolic OH excluding ortho intramolecular Hbond substituents is 1. The van der Waals surface area contributed by atoms with Gasteiger partial charge in [0, 0.05) is 105 Å². The minimum Gasteiger partial charge on any atom is -0.507 e. The number of fused-ring (bicyclic) bond motifs is 3. The molecule has 0 radical (unpaired) electrons. The topological polar surface area (TPSA) is 170 Å². The molecule has 20 aliphatic rings. The van der Waals surface area contributed by atoms with Crippen molar-refractivity contribution < 1.29 is 97.4 Å². The van der Waals surface area contributed by atoms with Crippen LogP contribution in [0.1, 0.15) is 291 Å². The molecule has 0 spiro atoms. The molecule has 0 amide bonds. The van der Waals surface area contributed by atoms with Gasteiger partial charge in [-0.1, -0.05) is 98.3 Å². The molecule has 20 fully saturated rings. The molecule has 800 valence electrons. The molecule has 4 atom stereocenters. The number of esters is 4. The van der Waals surface area contributed by atoms with E-state index in [0.717, 1.165) is 146 Å². The fourth-order valence-corrected chi connectivity index (χ4v) is 38.4. The fourth-order valence-electron chi connectivity index (χ4n) is 28.7. The Kier molecular flexibility index (Phi) is 37.2. The van der Waals surface area contributed by atoms with Gasteiger partial charge in [0.1, 0.15) is 69.9 Å². The highest BCUT2D eigenvalue weighted by molar-refractivity contribution is 7.98. The molecule has 4 unspecified atom stereocenters. The Bertz CT molecular complexity index is 4970. The summed E-state index contributed by atoms with van der Waals surface area (Å²) in [5, 5.41) is 17.4. The average molecular weight is 2100 g/mol. The predicted molar refractivity (Wildman–Crippen MR) is 574 cm³/mol. The number of rotatable bonds is 26. The van der Waals surface area contributed by atoms with Gasteiger partial charge in [0.2, 0.25) is 5.78 Å². The summed E-state index contributed by atoms with van der Waals surface area (Å²) in [6.45, 7) is 12.7. The molecule has 4 saturated heterocycles. The predicted octanol–water partition coefficient (Wildman–Crippen LogP) is 29.2. The van der Waals surface area contributed by atoms with Gasteiger partial charge in [-0.05, 0) is 376 Å². The van der Waals surface area contributed by atoms with Gasteiger partial charge in [0.15, 0.2) is 44.9 Å². The molecule has 25 heteroatoms. The summed E-state index contributed by atoms with van der Waals surface area (Å²) >= 11 is 0. The van der Waals surface area contributed by atoms with Gasteiger partial charge in [-0.3, -0.25) is 24.0 Å². The molecule has 7 aromatic carbocycles. The maximum absolute atomic E-state index is 13.2. The van der Waals surface area contributed by atoms with Gasteiger partial charge in [-0.2, -0.15) is 0 Å². The lowest BCUT2D eigenvalue weighted by molar-refractivity contribution is -0.192. The summed E-state index contributed by atoms with van der Waals surface area (Å²) in [4.78, 5) is 65.9. The van der Waals surface area contributed by atoms with Crippen LogP contribution in [0.15, 0.2) is 154 Å². The lowest BCUT2D eigenvalue weighted by atomic mass is 9.49. The highest BCUT2D eigenvalue weighted by Crippen LogP contribution is 2.65. The van der Waals surface area contributed by atoms with Crippen molar-refractivity contribution in [3.63, 3.8) is 0 Å². The number of ketones is 1. The molecule has 1 N–H and O–H groups in total. The van der Waals surface area contributed by atoms with Crippen molar-refractivity contribution in [2.24, 2.45) is 92.7 Å². The Hall–Kier alpha value is -6.93. The number of Topliss-reactive ketones (excluding diaryl/α,β-unsaturated/α-hetero) is 1. The Balaban J connectivity index is 0.000000120. The molecule has 27 rings (SSSR count). The second-order valence-electron chi connectivity index (χ2n) is 47.2. The number of phenols is 1. The molecule has 4 aliphatic heterocycles. The normalized spacial score (nSPS) is 29.8. The summed E-state index contributed by atoms with van der Waals surface area (Å²) in [5.74, 6) is 8.39. The Labute approximate surface area is 874 Å². The van der Waals surface area contributed by atoms with E-state index >= 15 is 0 Å². The van der Waals surface area contributed by atoms with Crippen molar-refractivity contribution in [3.05, 3.63) is 145 Å². The van der Waals surface area contributed by atoms with Crippen LogP contribution in [0.25, 0.3) is 32.3 Å². The molecular weight excluding hydrogens is 1940 g/mol. The van der Waals surface area contributed by atoms with Gasteiger partial charge in [0.25, 0.3) is 23.7 Å². The van der Waals surface area contributed by atoms with Gasteiger partial charge < -0.3 is 38.3 Å². The van der Waals surface area contributed by atoms with E-state index in [9.17, 15) is 64.2 Å². The highest BCUT2D eigenvalue weighted by Gasteiger charge is 2.61. The van der Waals surface area contributed by atoms with E-state index in [1.54, 1.807) is 12.0 Å². The number of aromatic hydroxyl groups is 1. The van der Waals surface area contributed by atoms with E-state index in [0.29, 0.717) is 139 Å². The Morgan fingerprint density at radius 1 is 0.329 bits per heavy atom. The first-order valence-corrected chi connectivity index (χ1v) is 61.7. The third-order valence-electron chi connectivity index (χ3n) is 35.3. The summed E-state index contributed by atoms with van der Waals surface area (Å²) in [6.07, 6.45) is 33.0. The van der Waals surface area contributed by atoms with Crippen molar-refractivity contribution in [1.82, 2.24) is 0 Å². The van der Waals surface area contributed by atoms with E-state index in [2.05, 4.69) is 97.9 Å². The molecule has 146 heavy (non-hydrogen) atoms. The smallest absolute Gasteiger partial charge is 0.312 e. The summed E-state index contributed by atoms with van der Waals surface area (Å²) in [6, 6.07) is 48.1. The largest absolute Gasteiger partial charge is 0.507 e. The van der Waals surface area contributed by atoms with Crippen molar-refractivity contribution in [2.75, 3.05) is 78.7 Å². The maximum atomic E-state index is 13.2. The van der Waals surface area contributed by atoms with Gasteiger partial charge in [-0.25, -0.2) is 35.1 Å². The van der Waals surface area contributed by atoms with E-state index in [1.165, 1.54) is 245 Å². The second-order valence-corrected chi connectivity index (χ2v) is 56.2. The zero-order valence-corrected chi connectivity index (χ0v) is 91.3. The third kappa shape index (κ3) is 27.6. The number of alkyl halides is 8. The van der Waals surface area contributed by atoms with Gasteiger partial charge in [0.05, 0.1) is 34.9 Å². The number of methoxy groups -OCH3 is 1. The molecular formula is C121H162F8O13S4+4. The maximum Gasteiger partial charge on any atom is 0.312 e. The lowest BCUT2D eigenvalue weighted by Gasteiger charge is -2.55. The number of carbonyl (C=O) groups is 5. The molecule has 16 saturated carbocycles. The van der Waals surface area contributed by atoms with Crippen LogP contribution in [0, 0.1) is 92.7 Å². The van der Waals surface area contributed by atoms with Gasteiger partial charge in [-0.15, -0.1) is 0 Å². The Morgan fingerprint density at radius 3 is 0.849 bits per heavy atom. The molecule has 13 nitrogen and oxygen atoms in total. The first-order chi connectivity index (χ1) is 69.7. The van der Waals surface area contributed by atoms with Crippen molar-refractivity contribution >= 4 is 106 Å². The monoisotopic (exact) mass is 2100 g/mol. The lowest BCUT2D eigenvalue weighted by Crippen LogP contribution is -2.51. The molecule has 4 heterocycles. The van der Waals surface area contributed by atoms with E-state index in [1.807, 2.05) is 48.5 Å². The fraction of sp³-hybridized carbons (Fsp3) is 0.661. The second kappa shape index (κ2) is 48.6. The number of ether oxygens (including phenoxy) is 7. The average Bonchev–Trinajstić information content (AvgIpc) is 0.797. The third-order valence-corrected chi connectivity index (χ3v) is 45.3. The standard InChI is InChI=1S/C18H23OS.C17H21O2S.4C15H22F2O2.C14H14OS.C12H15OS/c1-2-3-12-19-17-10-11-18(20-13-6-7-14-20)16-9-5-4-8-15(16)17;1-18-10-11-19-16-8-9-17(20-12-4-5-13-20)15-7-3-2-6-14(15)16;4*1-9(14(2,16)17)19-13(18)15-6-10-3-11(7-15)5-12(4-10)8-15;15-13-7-8-14(16-9-3-4-10-16)12-6-2-1-5-11(12)13;13-12(10-14-8-4-5-9-14)11-6-2-1-3-7-11/h4-5,8-11H,2-3,6-7,12-14H2,1H3;2-3,6-9H,4-5,10-13H2,1H3;4*9-12H,3-8H2,1-2H3;1-2,5-8H,3-4,9-10H2;1-3,6-7H,4-5,8-10H2/q2*+1;;;;;;+1/p+1. The minimum absolute atomic E-state index is 0.329. The van der Waals surface area contributed by atoms with E-state index in [-0.39, 0.29) is 23.9 Å². The summed E-state index contributed by atoms with van der Waals surface area (Å²) < 4.78 is 143. The number of hydrogen-bond donors (Lipinski definition) is 1. The van der Waals surface area contributed by atoms with Crippen molar-refractivity contribution in [3.8, 4) is 17.2 Å². The first kappa shape index (κ1) is 112. The molecule has 16 aliphatic carbocycles. The number of hydrogen-bond acceptors (Lipinski definition) is 13. The number of halogens is 8. The van der Waals surface area contributed by atoms with Crippen LogP contribution in [-0.4, -0.2) is 162 Å². The number of benzene rings is 7. The quantitative estimate of drug-likeness (QED) is 0.0136. The zero-order valence-electron chi connectivity index (χ0n) is 88.0. The molecule has 16 bridgehead atoms. The van der Waals surface area contributed by atoms with Crippen LogP contribution in [0.2, 0.25) is 0 Å². The SMILES string of the molecule is CC(OC(=O)C12CC3CC(CC(C3)C1)C2)C(C)(F)F.CC(OC(=O)C12CC3CC(CC(C3)C1)C2)C(C)(F)F.CC(OC(=O)C12CC3CC(CC(C3)C1)C2)C(C)(F)F.CC(OC(=O)C12CC3CC(CC(C3)C1)C2)C(C)(F)F.CCCCOc1ccc([S+]2CCCC2)c2ccccc12.COCCOc1ccc([S+]2CCCC2)c2ccccc12.O=C(C[S+]1CCCC1)c1ccccc1.Oc1ccc([S+]2CCCC2)c2ccccc12.